The Labute approximate surface area is 128 Å². The maximum atomic E-state index is 2.61. The first kappa shape index (κ1) is 14.3. The highest BCUT2D eigenvalue weighted by atomic mass is 15.2. The van der Waals surface area contributed by atoms with Gasteiger partial charge in [-0.3, -0.25) is 0 Å². The molecule has 1 nitrogen and oxygen atoms in total. The molecule has 1 heteroatoms. The summed E-state index contributed by atoms with van der Waals surface area (Å²) in [5, 5.41) is 0. The van der Waals surface area contributed by atoms with E-state index in [1.807, 2.05) is 0 Å². The molecule has 1 saturated heterocycles. The number of nitrogens with zero attached hydrogens (tertiary/aromatic N) is 1. The van der Waals surface area contributed by atoms with Gasteiger partial charge in [0.1, 0.15) is 0 Å². The Hall–Kier alpha value is -1.60. The van der Waals surface area contributed by atoms with Crippen molar-refractivity contribution < 1.29 is 0 Å². The van der Waals surface area contributed by atoms with E-state index in [0.717, 1.165) is 0 Å². The first-order valence-electron chi connectivity index (χ1n) is 8.13. The molecule has 0 bridgehead atoms. The molecule has 1 aliphatic rings. The van der Waals surface area contributed by atoms with Gasteiger partial charge in [-0.1, -0.05) is 54.6 Å². The monoisotopic (exact) mass is 279 g/mol. The average Bonchev–Trinajstić information content (AvgIpc) is 2.56. The molecule has 0 radical (unpaired) electrons. The second kappa shape index (κ2) is 6.44. The largest absolute Gasteiger partial charge is 0.300 e. The van der Waals surface area contributed by atoms with Crippen molar-refractivity contribution in [3.63, 3.8) is 0 Å². The van der Waals surface area contributed by atoms with Gasteiger partial charge < -0.3 is 4.90 Å². The second-order valence-corrected chi connectivity index (χ2v) is 6.42. The molecule has 1 fully saturated rings. The van der Waals surface area contributed by atoms with Gasteiger partial charge in [0.15, 0.2) is 0 Å². The van der Waals surface area contributed by atoms with Crippen molar-refractivity contribution in [2.24, 2.45) is 0 Å². The van der Waals surface area contributed by atoms with E-state index < -0.39 is 0 Å². The van der Waals surface area contributed by atoms with Crippen LogP contribution in [-0.2, 0) is 0 Å². The van der Waals surface area contributed by atoms with Crippen molar-refractivity contribution in [2.75, 3.05) is 13.1 Å². The van der Waals surface area contributed by atoms with E-state index in [1.165, 1.54) is 42.6 Å². The summed E-state index contributed by atoms with van der Waals surface area (Å²) in [6.07, 6.45) is 2.65. The van der Waals surface area contributed by atoms with E-state index in [1.54, 1.807) is 0 Å². The van der Waals surface area contributed by atoms with Crippen LogP contribution < -0.4 is 0 Å². The Morgan fingerprint density at radius 1 is 0.905 bits per heavy atom. The number of rotatable bonds is 3. The normalized spacial score (nSPS) is 19.9. The van der Waals surface area contributed by atoms with Crippen molar-refractivity contribution >= 4 is 0 Å². The smallest absolute Gasteiger partial charge is 0.00530 e. The SMILES string of the molecule is CC(C)N1CCC[C@@H](c2ccc(-c3ccccc3)cc2)C1. The van der Waals surface area contributed by atoms with Gasteiger partial charge in [0, 0.05) is 12.6 Å². The minimum atomic E-state index is 0.663. The predicted octanol–water partition coefficient (Wildman–Crippen LogP) is 4.94. The highest BCUT2D eigenvalue weighted by molar-refractivity contribution is 5.63. The molecule has 0 N–H and O–H groups in total. The number of hydrogen-bond donors (Lipinski definition) is 0. The molecule has 1 heterocycles. The lowest BCUT2D eigenvalue weighted by Gasteiger charge is -2.35. The van der Waals surface area contributed by atoms with Crippen LogP contribution in [-0.4, -0.2) is 24.0 Å². The van der Waals surface area contributed by atoms with Gasteiger partial charge in [-0.15, -0.1) is 0 Å². The van der Waals surface area contributed by atoms with Gasteiger partial charge in [-0.05, 0) is 55.8 Å². The second-order valence-electron chi connectivity index (χ2n) is 6.42. The summed E-state index contributed by atoms with van der Waals surface area (Å²) < 4.78 is 0. The van der Waals surface area contributed by atoms with Crippen LogP contribution in [0.25, 0.3) is 11.1 Å². The van der Waals surface area contributed by atoms with Crippen LogP contribution in [0.1, 0.15) is 38.2 Å². The van der Waals surface area contributed by atoms with Crippen molar-refractivity contribution in [2.45, 2.75) is 38.6 Å². The van der Waals surface area contributed by atoms with Crippen LogP contribution in [0.4, 0.5) is 0 Å². The van der Waals surface area contributed by atoms with E-state index in [0.29, 0.717) is 12.0 Å². The maximum Gasteiger partial charge on any atom is 0.00530 e. The fourth-order valence-electron chi connectivity index (χ4n) is 3.33. The molecule has 0 amide bonds. The summed E-state index contributed by atoms with van der Waals surface area (Å²) in [6, 6.07) is 20.5. The van der Waals surface area contributed by atoms with E-state index in [4.69, 9.17) is 0 Å². The Morgan fingerprint density at radius 2 is 1.57 bits per heavy atom. The summed E-state index contributed by atoms with van der Waals surface area (Å²) in [5.74, 6) is 0.700. The predicted molar refractivity (Wildman–Crippen MR) is 90.6 cm³/mol. The first-order valence-corrected chi connectivity index (χ1v) is 8.13. The molecular formula is C20H25N. The van der Waals surface area contributed by atoms with Gasteiger partial charge in [0.05, 0.1) is 0 Å². The Kier molecular flexibility index (Phi) is 4.40. The van der Waals surface area contributed by atoms with Crippen molar-refractivity contribution in [3.8, 4) is 11.1 Å². The van der Waals surface area contributed by atoms with E-state index in [9.17, 15) is 0 Å². The average molecular weight is 279 g/mol. The zero-order chi connectivity index (χ0) is 14.7. The van der Waals surface area contributed by atoms with Crippen LogP contribution in [0.2, 0.25) is 0 Å². The molecule has 1 atom stereocenters. The Balaban J connectivity index is 1.75. The summed E-state index contributed by atoms with van der Waals surface area (Å²) in [6.45, 7) is 7.08. The quantitative estimate of drug-likeness (QED) is 0.769. The molecule has 110 valence electrons. The van der Waals surface area contributed by atoms with Crippen molar-refractivity contribution in [1.82, 2.24) is 4.90 Å². The molecule has 3 rings (SSSR count). The van der Waals surface area contributed by atoms with Gasteiger partial charge in [-0.2, -0.15) is 0 Å². The van der Waals surface area contributed by atoms with Crippen molar-refractivity contribution in [1.29, 1.82) is 0 Å². The third-order valence-electron chi connectivity index (χ3n) is 4.67. The standard InChI is InChI=1S/C20H25N/c1-16(2)21-14-6-9-20(15-21)19-12-10-18(11-13-19)17-7-4-3-5-8-17/h3-5,7-8,10-13,16,20H,6,9,14-15H2,1-2H3/t20-/m1/s1. The number of piperidine rings is 1. The lowest BCUT2D eigenvalue weighted by atomic mass is 9.89. The minimum absolute atomic E-state index is 0.663. The van der Waals surface area contributed by atoms with Crippen LogP contribution in [0.15, 0.2) is 54.6 Å². The molecule has 0 spiro atoms. The molecule has 21 heavy (non-hydrogen) atoms. The lowest BCUT2D eigenvalue weighted by Crippen LogP contribution is -2.39. The molecule has 0 aromatic heterocycles. The summed E-state index contributed by atoms with van der Waals surface area (Å²) in [4.78, 5) is 2.61. The molecule has 0 saturated carbocycles. The van der Waals surface area contributed by atoms with Crippen LogP contribution in [0.5, 0.6) is 0 Å². The summed E-state index contributed by atoms with van der Waals surface area (Å²) >= 11 is 0. The van der Waals surface area contributed by atoms with Crippen LogP contribution in [0.3, 0.4) is 0 Å². The highest BCUT2D eigenvalue weighted by Gasteiger charge is 2.22. The molecule has 2 aromatic carbocycles. The van der Waals surface area contributed by atoms with Crippen LogP contribution in [0, 0.1) is 0 Å². The zero-order valence-electron chi connectivity index (χ0n) is 13.1. The number of hydrogen-bond acceptors (Lipinski definition) is 1. The highest BCUT2D eigenvalue weighted by Crippen LogP contribution is 2.29. The molecule has 0 aliphatic carbocycles. The number of likely N-dealkylation sites (tertiary alicyclic amines) is 1. The van der Waals surface area contributed by atoms with Gasteiger partial charge >= 0.3 is 0 Å². The van der Waals surface area contributed by atoms with E-state index in [-0.39, 0.29) is 0 Å². The minimum Gasteiger partial charge on any atom is -0.300 e. The fraction of sp³-hybridized carbons (Fsp3) is 0.400. The molecular weight excluding hydrogens is 254 g/mol. The summed E-state index contributed by atoms with van der Waals surface area (Å²) in [7, 11) is 0. The maximum absolute atomic E-state index is 2.61. The number of benzene rings is 2. The van der Waals surface area contributed by atoms with Gasteiger partial charge in [0.2, 0.25) is 0 Å². The Morgan fingerprint density at radius 3 is 2.24 bits per heavy atom. The molecule has 1 aliphatic heterocycles. The Bertz CT molecular complexity index is 556. The third kappa shape index (κ3) is 3.36. The topological polar surface area (TPSA) is 3.24 Å². The van der Waals surface area contributed by atoms with Crippen molar-refractivity contribution in [3.05, 3.63) is 60.2 Å². The molecule has 2 aromatic rings. The third-order valence-corrected chi connectivity index (χ3v) is 4.67. The summed E-state index contributed by atoms with van der Waals surface area (Å²) in [5.41, 5.74) is 4.12. The van der Waals surface area contributed by atoms with E-state index >= 15 is 0 Å². The fourth-order valence-corrected chi connectivity index (χ4v) is 3.33. The van der Waals surface area contributed by atoms with Gasteiger partial charge in [0.25, 0.3) is 0 Å². The van der Waals surface area contributed by atoms with Gasteiger partial charge in [-0.25, -0.2) is 0 Å². The zero-order valence-corrected chi connectivity index (χ0v) is 13.1. The molecule has 0 unspecified atom stereocenters. The lowest BCUT2D eigenvalue weighted by molar-refractivity contribution is 0.167. The first-order chi connectivity index (χ1) is 10.2. The van der Waals surface area contributed by atoms with E-state index in [2.05, 4.69) is 73.3 Å². The van der Waals surface area contributed by atoms with Crippen LogP contribution >= 0.6 is 0 Å².